The normalized spacial score (nSPS) is 10.2. The topological polar surface area (TPSA) is 51.2 Å². The van der Waals surface area contributed by atoms with Crippen LogP contribution in [0.2, 0.25) is 5.02 Å². The standard InChI is InChI=1S/C14H12BrClN2O2/c1-2-20-14-12(4-3-7-17-14)18-13(19)10-8-9(15)5-6-11(10)16/h3-8H,2H2,1H3,(H,18,19). The lowest BCUT2D eigenvalue weighted by Gasteiger charge is -2.10. The Morgan fingerprint density at radius 3 is 3.00 bits per heavy atom. The zero-order valence-corrected chi connectivity index (χ0v) is 13.0. The molecule has 104 valence electrons. The minimum absolute atomic E-state index is 0.315. The van der Waals surface area contributed by atoms with E-state index in [0.717, 1.165) is 4.47 Å². The fraction of sp³-hybridized carbons (Fsp3) is 0.143. The second kappa shape index (κ2) is 6.72. The molecule has 2 rings (SSSR count). The van der Waals surface area contributed by atoms with E-state index in [1.807, 2.05) is 6.92 Å². The van der Waals surface area contributed by atoms with Gasteiger partial charge in [-0.15, -0.1) is 0 Å². The van der Waals surface area contributed by atoms with Crippen LogP contribution in [0.25, 0.3) is 0 Å². The van der Waals surface area contributed by atoms with Crippen LogP contribution >= 0.6 is 27.5 Å². The smallest absolute Gasteiger partial charge is 0.257 e. The van der Waals surface area contributed by atoms with E-state index in [2.05, 4.69) is 26.2 Å². The Morgan fingerprint density at radius 1 is 1.45 bits per heavy atom. The maximum atomic E-state index is 12.2. The van der Waals surface area contributed by atoms with Crippen LogP contribution < -0.4 is 10.1 Å². The molecule has 20 heavy (non-hydrogen) atoms. The zero-order chi connectivity index (χ0) is 14.5. The van der Waals surface area contributed by atoms with Gasteiger partial charge in [-0.1, -0.05) is 27.5 Å². The largest absolute Gasteiger partial charge is 0.476 e. The van der Waals surface area contributed by atoms with E-state index in [1.54, 1.807) is 36.5 Å². The SMILES string of the molecule is CCOc1ncccc1NC(=O)c1cc(Br)ccc1Cl. The zero-order valence-electron chi connectivity index (χ0n) is 10.7. The molecule has 6 heteroatoms. The third-order valence-corrected chi connectivity index (χ3v) is 3.30. The molecule has 0 bridgehead atoms. The third kappa shape index (κ3) is 3.49. The Balaban J connectivity index is 2.26. The van der Waals surface area contributed by atoms with Crippen LogP contribution in [0.1, 0.15) is 17.3 Å². The molecule has 0 aliphatic rings. The van der Waals surface area contributed by atoms with Gasteiger partial charge in [-0.3, -0.25) is 4.79 Å². The van der Waals surface area contributed by atoms with Crippen molar-refractivity contribution in [2.45, 2.75) is 6.92 Å². The van der Waals surface area contributed by atoms with Crippen molar-refractivity contribution in [1.29, 1.82) is 0 Å². The molecule has 0 fully saturated rings. The minimum atomic E-state index is -0.315. The average molecular weight is 356 g/mol. The summed E-state index contributed by atoms with van der Waals surface area (Å²) in [6.45, 7) is 2.32. The highest BCUT2D eigenvalue weighted by Gasteiger charge is 2.13. The van der Waals surface area contributed by atoms with Gasteiger partial charge in [0.1, 0.15) is 5.69 Å². The van der Waals surface area contributed by atoms with E-state index in [1.165, 1.54) is 0 Å². The van der Waals surface area contributed by atoms with Crippen LogP contribution in [0, 0.1) is 0 Å². The second-order valence-electron chi connectivity index (χ2n) is 3.87. The summed E-state index contributed by atoms with van der Waals surface area (Å²) in [6.07, 6.45) is 1.60. The van der Waals surface area contributed by atoms with Crippen molar-refractivity contribution in [3.05, 3.63) is 51.6 Å². The second-order valence-corrected chi connectivity index (χ2v) is 5.19. The molecule has 0 atom stereocenters. The first kappa shape index (κ1) is 14.8. The molecule has 1 amide bonds. The highest BCUT2D eigenvalue weighted by Crippen LogP contribution is 2.25. The molecule has 0 saturated carbocycles. The molecule has 0 spiro atoms. The molecule has 1 heterocycles. The number of pyridine rings is 1. The summed E-state index contributed by atoms with van der Waals surface area (Å²) >= 11 is 9.34. The maximum absolute atomic E-state index is 12.2. The van der Waals surface area contributed by atoms with Crippen molar-refractivity contribution in [2.24, 2.45) is 0 Å². The van der Waals surface area contributed by atoms with E-state index in [9.17, 15) is 4.79 Å². The Labute approximate surface area is 130 Å². The van der Waals surface area contributed by atoms with Gasteiger partial charge in [-0.25, -0.2) is 4.98 Å². The van der Waals surface area contributed by atoms with Crippen molar-refractivity contribution in [1.82, 2.24) is 4.98 Å². The Bertz CT molecular complexity index is 634. The fourth-order valence-corrected chi connectivity index (χ4v) is 2.16. The molecule has 0 aliphatic heterocycles. The van der Waals surface area contributed by atoms with Crippen molar-refractivity contribution >= 4 is 39.1 Å². The van der Waals surface area contributed by atoms with Crippen LogP contribution in [0.3, 0.4) is 0 Å². The number of ether oxygens (including phenoxy) is 1. The Kier molecular flexibility index (Phi) is 4.98. The number of aromatic nitrogens is 1. The third-order valence-electron chi connectivity index (χ3n) is 2.47. The molecule has 1 aromatic heterocycles. The van der Waals surface area contributed by atoms with Gasteiger partial charge in [0, 0.05) is 10.7 Å². The fourth-order valence-electron chi connectivity index (χ4n) is 1.60. The lowest BCUT2D eigenvalue weighted by molar-refractivity contribution is 0.102. The van der Waals surface area contributed by atoms with Gasteiger partial charge in [0.05, 0.1) is 17.2 Å². The van der Waals surface area contributed by atoms with Crippen molar-refractivity contribution in [3.8, 4) is 5.88 Å². The number of hydrogen-bond acceptors (Lipinski definition) is 3. The average Bonchev–Trinajstić information content (AvgIpc) is 2.44. The molecule has 0 saturated heterocycles. The highest BCUT2D eigenvalue weighted by molar-refractivity contribution is 9.10. The number of benzene rings is 1. The van der Waals surface area contributed by atoms with Gasteiger partial charge in [0.2, 0.25) is 5.88 Å². The number of halogens is 2. The summed E-state index contributed by atoms with van der Waals surface area (Å²) in [5.74, 6) is 0.0692. The molecule has 0 radical (unpaired) electrons. The van der Waals surface area contributed by atoms with Gasteiger partial charge in [-0.2, -0.15) is 0 Å². The predicted molar refractivity (Wildman–Crippen MR) is 82.5 cm³/mol. The van der Waals surface area contributed by atoms with E-state index >= 15 is 0 Å². The first-order valence-corrected chi connectivity index (χ1v) is 7.13. The predicted octanol–water partition coefficient (Wildman–Crippen LogP) is 4.15. The monoisotopic (exact) mass is 354 g/mol. The molecule has 4 nitrogen and oxygen atoms in total. The van der Waals surface area contributed by atoms with Crippen LogP contribution in [0.15, 0.2) is 41.0 Å². The molecular weight excluding hydrogens is 344 g/mol. The van der Waals surface area contributed by atoms with Crippen LogP contribution in [-0.4, -0.2) is 17.5 Å². The Hall–Kier alpha value is -1.59. The molecule has 0 aliphatic carbocycles. The summed E-state index contributed by atoms with van der Waals surface area (Å²) in [4.78, 5) is 16.3. The first-order chi connectivity index (χ1) is 9.61. The van der Waals surface area contributed by atoms with Gasteiger partial charge in [-0.05, 0) is 37.3 Å². The van der Waals surface area contributed by atoms with Crippen molar-refractivity contribution in [2.75, 3.05) is 11.9 Å². The van der Waals surface area contributed by atoms with E-state index in [4.69, 9.17) is 16.3 Å². The quantitative estimate of drug-likeness (QED) is 0.896. The molecule has 1 N–H and O–H groups in total. The Morgan fingerprint density at radius 2 is 2.25 bits per heavy atom. The number of carbonyl (C=O) groups excluding carboxylic acids is 1. The summed E-state index contributed by atoms with van der Waals surface area (Å²) in [5, 5.41) is 3.13. The number of anilines is 1. The number of hydrogen-bond donors (Lipinski definition) is 1. The summed E-state index contributed by atoms with van der Waals surface area (Å²) in [6, 6.07) is 8.54. The summed E-state index contributed by atoms with van der Waals surface area (Å²) < 4.78 is 6.14. The number of rotatable bonds is 4. The number of amides is 1. The van der Waals surface area contributed by atoms with Gasteiger partial charge in [0.25, 0.3) is 5.91 Å². The highest BCUT2D eigenvalue weighted by atomic mass is 79.9. The number of nitrogens with zero attached hydrogens (tertiary/aromatic N) is 1. The molecular formula is C14H12BrClN2O2. The van der Waals surface area contributed by atoms with Crippen LogP contribution in [0.5, 0.6) is 5.88 Å². The lowest BCUT2D eigenvalue weighted by Crippen LogP contribution is -2.14. The first-order valence-electron chi connectivity index (χ1n) is 5.96. The number of nitrogens with one attached hydrogen (secondary N) is 1. The molecule has 1 aromatic carbocycles. The lowest BCUT2D eigenvalue weighted by atomic mass is 10.2. The molecule has 2 aromatic rings. The van der Waals surface area contributed by atoms with E-state index in [-0.39, 0.29) is 5.91 Å². The van der Waals surface area contributed by atoms with Crippen molar-refractivity contribution < 1.29 is 9.53 Å². The minimum Gasteiger partial charge on any atom is -0.476 e. The summed E-state index contributed by atoms with van der Waals surface area (Å²) in [5.41, 5.74) is 0.891. The van der Waals surface area contributed by atoms with E-state index in [0.29, 0.717) is 28.8 Å². The molecule has 0 unspecified atom stereocenters. The van der Waals surface area contributed by atoms with Crippen molar-refractivity contribution in [3.63, 3.8) is 0 Å². The van der Waals surface area contributed by atoms with E-state index < -0.39 is 0 Å². The van der Waals surface area contributed by atoms with Gasteiger partial charge in [0.15, 0.2) is 0 Å². The van der Waals surface area contributed by atoms with Gasteiger partial charge < -0.3 is 10.1 Å². The van der Waals surface area contributed by atoms with Crippen LogP contribution in [0.4, 0.5) is 5.69 Å². The number of carbonyl (C=O) groups is 1. The maximum Gasteiger partial charge on any atom is 0.257 e. The van der Waals surface area contributed by atoms with Crippen LogP contribution in [-0.2, 0) is 0 Å². The summed E-state index contributed by atoms with van der Waals surface area (Å²) in [7, 11) is 0. The van der Waals surface area contributed by atoms with Gasteiger partial charge >= 0.3 is 0 Å².